The predicted octanol–water partition coefficient (Wildman–Crippen LogP) is 11.9. The number of rotatable bonds is 2. The second-order valence-corrected chi connectivity index (χ2v) is 17.7. The third kappa shape index (κ3) is 3.53. The Morgan fingerprint density at radius 2 is 1.77 bits per heavy atom. The normalized spacial score (nSPS) is 25.9. The molecular weight excluding hydrogens is 601 g/mol. The van der Waals surface area contributed by atoms with Crippen LogP contribution in [0.25, 0.3) is 36.7 Å². The number of allylic oxidation sites excluding steroid dienone is 4. The van der Waals surface area contributed by atoms with Crippen molar-refractivity contribution in [3.05, 3.63) is 114 Å². The number of thiophene rings is 3. The Balaban J connectivity index is 0.932. The Labute approximate surface area is 258 Å². The first-order chi connectivity index (χ1) is 19.7. The van der Waals surface area contributed by atoms with Gasteiger partial charge in [0.05, 0.1) is 5.25 Å². The van der Waals surface area contributed by atoms with Crippen LogP contribution in [0.4, 0.5) is 0 Å². The van der Waals surface area contributed by atoms with Gasteiger partial charge in [-0.25, -0.2) is 0 Å². The van der Waals surface area contributed by atoms with Crippen molar-refractivity contribution in [2.75, 3.05) is 0 Å². The average Bonchev–Trinajstić information content (AvgIpc) is 3.80. The summed E-state index contributed by atoms with van der Waals surface area (Å²) in [6, 6.07) is 19.2. The van der Waals surface area contributed by atoms with Gasteiger partial charge in [0.25, 0.3) is 0 Å². The van der Waals surface area contributed by atoms with Crippen LogP contribution in [-0.2, 0) is 6.42 Å². The summed E-state index contributed by atoms with van der Waals surface area (Å²) in [6.07, 6.45) is 12.2. The van der Waals surface area contributed by atoms with E-state index in [-0.39, 0.29) is 0 Å². The lowest BCUT2D eigenvalue weighted by Crippen LogP contribution is -2.09. The molecule has 0 N–H and O–H groups in total. The monoisotopic (exact) mass is 622 g/mol. The van der Waals surface area contributed by atoms with E-state index in [4.69, 9.17) is 0 Å². The fourth-order valence-corrected chi connectivity index (χ4v) is 14.3. The van der Waals surface area contributed by atoms with Crippen molar-refractivity contribution in [1.82, 2.24) is 0 Å². The highest BCUT2D eigenvalue weighted by Crippen LogP contribution is 2.64. The molecule has 3 aromatic heterocycles. The van der Waals surface area contributed by atoms with E-state index >= 15 is 0 Å². The van der Waals surface area contributed by atoms with Crippen molar-refractivity contribution in [3.63, 3.8) is 0 Å². The molecule has 0 nitrogen and oxygen atoms in total. The van der Waals surface area contributed by atoms with Crippen molar-refractivity contribution in [2.24, 2.45) is 5.92 Å². The molecule has 0 saturated heterocycles. The van der Waals surface area contributed by atoms with Gasteiger partial charge < -0.3 is 0 Å². The average molecular weight is 623 g/mol. The van der Waals surface area contributed by atoms with E-state index < -0.39 is 0 Å². The van der Waals surface area contributed by atoms with Crippen LogP contribution in [0.3, 0.4) is 0 Å². The Kier molecular flexibility index (Phi) is 5.19. The Morgan fingerprint density at radius 3 is 2.77 bits per heavy atom. The van der Waals surface area contributed by atoms with Gasteiger partial charge in [0.2, 0.25) is 0 Å². The summed E-state index contributed by atoms with van der Waals surface area (Å²) >= 11 is 12.0. The molecular formula is C34H22S6. The van der Waals surface area contributed by atoms with Crippen molar-refractivity contribution < 1.29 is 0 Å². The second kappa shape index (κ2) is 8.79. The standard InChI is InChI=1S/C34H22S6/c1-3-25-23(11-17(1)29-13-21-9-19-5-7-35-27(19)15-31(21)37-29)33-34(39-25)24-12-18(2-4-26(24)40-33)30-14-22-10-20-6-8-36-28(20)16-32(22)38-30/h1-9,11,13-16,18,20,33-34H,10,12H2. The van der Waals surface area contributed by atoms with Gasteiger partial charge in [-0.05, 0) is 110 Å². The zero-order chi connectivity index (χ0) is 25.9. The topological polar surface area (TPSA) is 0 Å². The molecule has 40 heavy (non-hydrogen) atoms. The van der Waals surface area contributed by atoms with Crippen LogP contribution < -0.4 is 0 Å². The predicted molar refractivity (Wildman–Crippen MR) is 182 cm³/mol. The third-order valence-corrected chi connectivity index (χ3v) is 16.2. The molecule has 5 aromatic rings. The molecule has 2 aliphatic carbocycles. The fraction of sp³-hybridized carbons (Fsp3) is 0.176. The van der Waals surface area contributed by atoms with E-state index in [1.54, 1.807) is 21.6 Å². The molecule has 0 saturated carbocycles. The van der Waals surface area contributed by atoms with Crippen LogP contribution in [0.1, 0.15) is 38.5 Å². The van der Waals surface area contributed by atoms with Crippen LogP contribution in [0.15, 0.2) is 97.8 Å². The largest absolute Gasteiger partial charge is 0.144 e. The van der Waals surface area contributed by atoms with E-state index in [0.29, 0.717) is 22.3 Å². The van der Waals surface area contributed by atoms with E-state index in [9.17, 15) is 0 Å². The molecule has 0 fully saturated rings. The third-order valence-electron chi connectivity index (χ3n) is 8.87. The number of hydrogen-bond donors (Lipinski definition) is 0. The molecule has 2 aromatic carbocycles. The minimum atomic E-state index is 0.517. The maximum Gasteiger partial charge on any atom is 0.0516 e. The zero-order valence-electron chi connectivity index (χ0n) is 21.3. The first kappa shape index (κ1) is 23.6. The molecule has 6 heterocycles. The SMILES string of the molecule is C1=CC2Cc3cc(C4C=CC5=C(C4)C4Sc6ccc(-c7cc8cc9ccsc9cc8s7)cc6C4S5)sc3C=C2S1. The molecule has 4 unspecified atom stereocenters. The number of hydrogen-bond acceptors (Lipinski definition) is 6. The molecule has 194 valence electrons. The number of thioether (sulfide) groups is 3. The van der Waals surface area contributed by atoms with Gasteiger partial charge in [0, 0.05) is 50.9 Å². The van der Waals surface area contributed by atoms with Gasteiger partial charge in [0.1, 0.15) is 0 Å². The molecule has 4 atom stereocenters. The van der Waals surface area contributed by atoms with E-state index in [1.165, 1.54) is 63.0 Å². The highest BCUT2D eigenvalue weighted by molar-refractivity contribution is 8.07. The molecule has 0 radical (unpaired) electrons. The van der Waals surface area contributed by atoms with Crippen molar-refractivity contribution in [2.45, 2.75) is 34.2 Å². The lowest BCUT2D eigenvalue weighted by atomic mass is 9.88. The smallest absolute Gasteiger partial charge is 0.0516 e. The molecule has 5 aliphatic rings. The molecule has 0 amide bonds. The molecule has 3 aliphatic heterocycles. The maximum atomic E-state index is 2.53. The van der Waals surface area contributed by atoms with Crippen molar-refractivity contribution in [3.8, 4) is 10.4 Å². The zero-order valence-corrected chi connectivity index (χ0v) is 26.2. The second-order valence-electron chi connectivity index (χ2n) is 11.2. The van der Waals surface area contributed by atoms with Crippen LogP contribution >= 0.6 is 69.3 Å². The van der Waals surface area contributed by atoms with E-state index in [0.717, 1.165) is 0 Å². The Morgan fingerprint density at radius 1 is 0.775 bits per heavy atom. The molecule has 0 bridgehead atoms. The summed E-state index contributed by atoms with van der Waals surface area (Å²) in [7, 11) is 0. The van der Waals surface area contributed by atoms with Gasteiger partial charge in [-0.15, -0.1) is 69.3 Å². The minimum Gasteiger partial charge on any atom is -0.144 e. The summed E-state index contributed by atoms with van der Waals surface area (Å²) < 4.78 is 2.78. The highest BCUT2D eigenvalue weighted by Gasteiger charge is 2.44. The highest BCUT2D eigenvalue weighted by atomic mass is 32.2. The molecule has 6 heteroatoms. The summed E-state index contributed by atoms with van der Waals surface area (Å²) in [4.78, 5) is 9.01. The van der Waals surface area contributed by atoms with Gasteiger partial charge in [0.15, 0.2) is 0 Å². The first-order valence-electron chi connectivity index (χ1n) is 13.7. The van der Waals surface area contributed by atoms with Gasteiger partial charge in [-0.1, -0.05) is 24.3 Å². The molecule has 0 spiro atoms. The summed E-state index contributed by atoms with van der Waals surface area (Å²) in [5, 5.41) is 8.30. The van der Waals surface area contributed by atoms with Gasteiger partial charge >= 0.3 is 0 Å². The summed E-state index contributed by atoms with van der Waals surface area (Å²) in [5.74, 6) is 1.13. The van der Waals surface area contributed by atoms with Crippen LogP contribution in [0.5, 0.6) is 0 Å². The van der Waals surface area contributed by atoms with Gasteiger partial charge in [-0.2, -0.15) is 0 Å². The van der Waals surface area contributed by atoms with Crippen molar-refractivity contribution >= 4 is 95.5 Å². The molecule has 10 rings (SSSR count). The quantitative estimate of drug-likeness (QED) is 0.192. The number of fused-ring (bicyclic) bond motifs is 8. The Bertz CT molecular complexity index is 1980. The maximum absolute atomic E-state index is 2.53. The Hall–Kier alpha value is -1.93. The lowest BCUT2D eigenvalue weighted by molar-refractivity contribution is 0.778. The van der Waals surface area contributed by atoms with E-state index in [1.807, 2.05) is 45.8 Å². The van der Waals surface area contributed by atoms with Crippen LogP contribution in [0.2, 0.25) is 0 Å². The number of benzene rings is 2. The van der Waals surface area contributed by atoms with Gasteiger partial charge in [-0.3, -0.25) is 0 Å². The van der Waals surface area contributed by atoms with E-state index in [2.05, 4.69) is 107 Å². The fourth-order valence-electron chi connectivity index (χ4n) is 6.83. The minimum absolute atomic E-state index is 0.517. The summed E-state index contributed by atoms with van der Waals surface area (Å²) in [5.41, 5.74) is 6.17. The van der Waals surface area contributed by atoms with Crippen LogP contribution in [-0.4, -0.2) is 5.25 Å². The summed E-state index contributed by atoms with van der Waals surface area (Å²) in [6.45, 7) is 0. The van der Waals surface area contributed by atoms with Crippen molar-refractivity contribution in [1.29, 1.82) is 0 Å². The van der Waals surface area contributed by atoms with Crippen LogP contribution in [0, 0.1) is 5.92 Å². The lowest BCUT2D eigenvalue weighted by Gasteiger charge is -2.20. The first-order valence-corrected chi connectivity index (χ1v) is 18.9.